The fourth-order valence-corrected chi connectivity index (χ4v) is 3.88. The molecule has 0 aliphatic rings. The number of ether oxygens (including phenoxy) is 1. The van der Waals surface area contributed by atoms with Crippen molar-refractivity contribution in [2.24, 2.45) is 0 Å². The van der Waals surface area contributed by atoms with E-state index in [1.165, 1.54) is 23.4 Å². The Labute approximate surface area is 167 Å². The van der Waals surface area contributed by atoms with Gasteiger partial charge in [-0.3, -0.25) is 9.36 Å². The number of carbonyl (C=O) groups is 1. The third kappa shape index (κ3) is 4.43. The second kappa shape index (κ2) is 8.58. The van der Waals surface area contributed by atoms with Gasteiger partial charge in [0.05, 0.1) is 36.2 Å². The zero-order chi connectivity index (χ0) is 20.3. The quantitative estimate of drug-likeness (QED) is 0.390. The van der Waals surface area contributed by atoms with Gasteiger partial charge in [0.1, 0.15) is 0 Å². The molecule has 7 heteroatoms. The van der Waals surface area contributed by atoms with E-state index in [-0.39, 0.29) is 12.1 Å². The van der Waals surface area contributed by atoms with E-state index in [4.69, 9.17) is 4.74 Å². The summed E-state index contributed by atoms with van der Waals surface area (Å²) in [6.07, 6.45) is -0.690. The minimum Gasteiger partial charge on any atom is -0.465 e. The van der Waals surface area contributed by atoms with Crippen molar-refractivity contribution in [1.82, 2.24) is 9.55 Å². The fourth-order valence-electron chi connectivity index (χ4n) is 2.93. The normalized spacial score (nSPS) is 12.1. The highest BCUT2D eigenvalue weighted by Gasteiger charge is 2.15. The first-order valence-corrected chi connectivity index (χ1v) is 9.87. The second-order valence-corrected chi connectivity index (χ2v) is 7.60. The van der Waals surface area contributed by atoms with Crippen LogP contribution in [0, 0.1) is 6.92 Å². The summed E-state index contributed by atoms with van der Waals surface area (Å²) in [5.74, 6) is 0.154. The van der Waals surface area contributed by atoms with Crippen molar-refractivity contribution in [3.8, 4) is 0 Å². The van der Waals surface area contributed by atoms with Crippen molar-refractivity contribution in [1.29, 1.82) is 0 Å². The number of hydrogen-bond donors (Lipinski definition) is 1. The summed E-state index contributed by atoms with van der Waals surface area (Å²) in [4.78, 5) is 29.4. The first-order valence-electron chi connectivity index (χ1n) is 8.88. The Morgan fingerprint density at radius 2 is 2.07 bits per heavy atom. The van der Waals surface area contributed by atoms with E-state index in [1.807, 2.05) is 25.1 Å². The van der Waals surface area contributed by atoms with Gasteiger partial charge in [-0.1, -0.05) is 41.6 Å². The molecule has 0 bridgehead atoms. The monoisotopic (exact) mass is 398 g/mol. The standard InChI is InChI=1S/C21H22N2O4S/c1-13-5-4-6-15(9-13)12-28-21-22-18-10-16(20(26)27-3)7-8-17(18)19(25)23(21)11-14(2)24/h4-10,14,24H,11-12H2,1-3H3/t14-/m1/s1. The van der Waals surface area contributed by atoms with E-state index in [9.17, 15) is 14.7 Å². The molecule has 1 atom stereocenters. The van der Waals surface area contributed by atoms with Gasteiger partial charge >= 0.3 is 5.97 Å². The maximum absolute atomic E-state index is 13.0. The van der Waals surface area contributed by atoms with E-state index >= 15 is 0 Å². The number of nitrogens with zero attached hydrogens (tertiary/aromatic N) is 2. The highest BCUT2D eigenvalue weighted by molar-refractivity contribution is 7.98. The summed E-state index contributed by atoms with van der Waals surface area (Å²) < 4.78 is 6.24. The highest BCUT2D eigenvalue weighted by atomic mass is 32.2. The number of rotatable bonds is 6. The van der Waals surface area contributed by atoms with Gasteiger partial charge in [-0.05, 0) is 37.6 Å². The van der Waals surface area contributed by atoms with Gasteiger partial charge in [0.2, 0.25) is 0 Å². The lowest BCUT2D eigenvalue weighted by Crippen LogP contribution is -2.28. The molecule has 1 heterocycles. The third-order valence-electron chi connectivity index (χ3n) is 4.24. The van der Waals surface area contributed by atoms with Gasteiger partial charge < -0.3 is 9.84 Å². The predicted molar refractivity (Wildman–Crippen MR) is 110 cm³/mol. The van der Waals surface area contributed by atoms with Crippen molar-refractivity contribution in [2.45, 2.75) is 37.4 Å². The summed E-state index contributed by atoms with van der Waals surface area (Å²) in [5, 5.41) is 10.7. The SMILES string of the molecule is COC(=O)c1ccc2c(=O)n(C[C@@H](C)O)c(SCc3cccc(C)c3)nc2c1. The van der Waals surface area contributed by atoms with E-state index in [1.54, 1.807) is 25.1 Å². The van der Waals surface area contributed by atoms with E-state index in [0.29, 0.717) is 27.4 Å². The highest BCUT2D eigenvalue weighted by Crippen LogP contribution is 2.23. The van der Waals surface area contributed by atoms with E-state index in [0.717, 1.165) is 11.1 Å². The van der Waals surface area contributed by atoms with Crippen molar-refractivity contribution >= 4 is 28.6 Å². The Morgan fingerprint density at radius 3 is 2.75 bits per heavy atom. The first kappa shape index (κ1) is 20.1. The van der Waals surface area contributed by atoms with Crippen LogP contribution in [0.5, 0.6) is 0 Å². The number of carbonyl (C=O) groups excluding carboxylic acids is 1. The number of fused-ring (bicyclic) bond motifs is 1. The Hall–Kier alpha value is -2.64. The molecule has 0 fully saturated rings. The molecule has 2 aromatic carbocycles. The third-order valence-corrected chi connectivity index (χ3v) is 5.29. The molecule has 3 aromatic rings. The van der Waals surface area contributed by atoms with E-state index < -0.39 is 12.1 Å². The molecule has 6 nitrogen and oxygen atoms in total. The summed E-state index contributed by atoms with van der Waals surface area (Å²) >= 11 is 1.42. The summed E-state index contributed by atoms with van der Waals surface area (Å²) in [5.41, 5.74) is 2.81. The minimum atomic E-state index is -0.690. The van der Waals surface area contributed by atoms with Crippen LogP contribution in [0.4, 0.5) is 0 Å². The number of methoxy groups -OCH3 is 1. The molecule has 1 N–H and O–H groups in total. The molecule has 0 saturated carbocycles. The van der Waals surface area contributed by atoms with Crippen LogP contribution in [0.2, 0.25) is 0 Å². The Bertz CT molecular complexity index is 1080. The fraction of sp³-hybridized carbons (Fsp3) is 0.286. The first-order chi connectivity index (χ1) is 13.4. The lowest BCUT2D eigenvalue weighted by Gasteiger charge is -2.15. The number of benzene rings is 2. The van der Waals surface area contributed by atoms with Gasteiger partial charge in [0, 0.05) is 5.75 Å². The summed E-state index contributed by atoms with van der Waals surface area (Å²) in [6.45, 7) is 3.81. The lowest BCUT2D eigenvalue weighted by molar-refractivity contribution is 0.0601. The molecule has 146 valence electrons. The van der Waals surface area contributed by atoms with Crippen LogP contribution in [0.25, 0.3) is 10.9 Å². The lowest BCUT2D eigenvalue weighted by atomic mass is 10.1. The molecular formula is C21H22N2O4S. The smallest absolute Gasteiger partial charge is 0.337 e. The van der Waals surface area contributed by atoms with Crippen molar-refractivity contribution in [3.05, 3.63) is 69.5 Å². The minimum absolute atomic E-state index is 0.149. The average Bonchev–Trinajstić information content (AvgIpc) is 2.67. The van der Waals surface area contributed by atoms with Gasteiger partial charge in [-0.2, -0.15) is 0 Å². The zero-order valence-electron chi connectivity index (χ0n) is 16.0. The van der Waals surface area contributed by atoms with E-state index in [2.05, 4.69) is 11.1 Å². The topological polar surface area (TPSA) is 81.4 Å². The van der Waals surface area contributed by atoms with Crippen LogP contribution in [0.15, 0.2) is 52.4 Å². The molecule has 0 unspecified atom stereocenters. The number of thioether (sulfide) groups is 1. The van der Waals surface area contributed by atoms with Crippen molar-refractivity contribution < 1.29 is 14.6 Å². The largest absolute Gasteiger partial charge is 0.465 e. The van der Waals surface area contributed by atoms with Gasteiger partial charge in [-0.15, -0.1) is 0 Å². The predicted octanol–water partition coefficient (Wildman–Crippen LogP) is 3.16. The second-order valence-electron chi connectivity index (χ2n) is 6.66. The molecule has 3 rings (SSSR count). The molecular weight excluding hydrogens is 376 g/mol. The van der Waals surface area contributed by atoms with Crippen LogP contribution in [-0.4, -0.2) is 33.8 Å². The van der Waals surface area contributed by atoms with Crippen LogP contribution in [0.3, 0.4) is 0 Å². The summed E-state index contributed by atoms with van der Waals surface area (Å²) in [7, 11) is 1.31. The van der Waals surface area contributed by atoms with Gasteiger partial charge in [-0.25, -0.2) is 9.78 Å². The number of aromatic nitrogens is 2. The average molecular weight is 398 g/mol. The maximum atomic E-state index is 13.0. The Kier molecular flexibility index (Phi) is 6.16. The van der Waals surface area contributed by atoms with Crippen molar-refractivity contribution in [2.75, 3.05) is 7.11 Å². The number of aliphatic hydroxyl groups excluding tert-OH is 1. The Balaban J connectivity index is 2.06. The maximum Gasteiger partial charge on any atom is 0.337 e. The molecule has 0 aliphatic heterocycles. The Morgan fingerprint density at radius 1 is 1.29 bits per heavy atom. The van der Waals surface area contributed by atoms with Crippen LogP contribution in [-0.2, 0) is 17.0 Å². The van der Waals surface area contributed by atoms with Gasteiger partial charge in [0.25, 0.3) is 5.56 Å². The molecule has 0 saturated heterocycles. The molecule has 0 amide bonds. The summed E-state index contributed by atoms with van der Waals surface area (Å²) in [6, 6.07) is 12.8. The number of esters is 1. The molecule has 0 spiro atoms. The zero-order valence-corrected chi connectivity index (χ0v) is 16.8. The molecule has 28 heavy (non-hydrogen) atoms. The van der Waals surface area contributed by atoms with Crippen LogP contribution < -0.4 is 5.56 Å². The van der Waals surface area contributed by atoms with Crippen molar-refractivity contribution in [3.63, 3.8) is 0 Å². The van der Waals surface area contributed by atoms with Gasteiger partial charge in [0.15, 0.2) is 5.16 Å². The molecule has 0 radical (unpaired) electrons. The van der Waals surface area contributed by atoms with Crippen LogP contribution in [0.1, 0.15) is 28.4 Å². The molecule has 0 aliphatic carbocycles. The molecule has 1 aromatic heterocycles. The number of aliphatic hydroxyl groups is 1. The van der Waals surface area contributed by atoms with Crippen LogP contribution >= 0.6 is 11.8 Å². The number of aryl methyl sites for hydroxylation is 1. The number of hydrogen-bond acceptors (Lipinski definition) is 6.